The van der Waals surface area contributed by atoms with Crippen molar-refractivity contribution in [2.75, 3.05) is 7.11 Å². The van der Waals surface area contributed by atoms with Gasteiger partial charge in [0.1, 0.15) is 5.70 Å². The van der Waals surface area contributed by atoms with Crippen LogP contribution in [0, 0.1) is 0 Å². The number of phenols is 1. The minimum Gasteiger partial charge on any atom is -0.504 e. The van der Waals surface area contributed by atoms with Crippen molar-refractivity contribution in [3.05, 3.63) is 89.4 Å². The summed E-state index contributed by atoms with van der Waals surface area (Å²) >= 11 is 0. The van der Waals surface area contributed by atoms with Crippen molar-refractivity contribution in [1.82, 2.24) is 9.29 Å². The zero-order valence-electron chi connectivity index (χ0n) is 16.0. The lowest BCUT2D eigenvalue weighted by Gasteiger charge is -2.31. The molecule has 0 atom stereocenters. The van der Waals surface area contributed by atoms with Crippen molar-refractivity contribution < 1.29 is 23.1 Å². The van der Waals surface area contributed by atoms with Gasteiger partial charge in [0, 0.05) is 18.0 Å². The molecule has 3 aromatic rings. The van der Waals surface area contributed by atoms with Gasteiger partial charge < -0.3 is 9.84 Å². The van der Waals surface area contributed by atoms with Crippen LogP contribution in [-0.4, -0.2) is 35.7 Å². The Morgan fingerprint density at radius 1 is 1.13 bits per heavy atom. The number of pyridine rings is 1. The van der Waals surface area contributed by atoms with Crippen molar-refractivity contribution in [2.24, 2.45) is 0 Å². The summed E-state index contributed by atoms with van der Waals surface area (Å²) in [5.74, 6) is -0.245. The van der Waals surface area contributed by atoms with Gasteiger partial charge >= 0.3 is 0 Å². The molecule has 30 heavy (non-hydrogen) atoms. The van der Waals surface area contributed by atoms with Gasteiger partial charge in [-0.3, -0.25) is 14.1 Å². The Kier molecular flexibility index (Phi) is 5.01. The summed E-state index contributed by atoms with van der Waals surface area (Å²) in [5, 5.41) is 9.83. The molecule has 0 radical (unpaired) electrons. The van der Waals surface area contributed by atoms with Gasteiger partial charge in [0.05, 0.1) is 18.6 Å². The number of phenolic OH excluding ortho intramolecular Hbond substituents is 1. The molecule has 0 saturated heterocycles. The standard InChI is InChI=1S/C22H18N2O5S/c1-29-20-12-15(8-9-19(20)25)11-18-22(26)17-6-2-3-7-21(17)30(27,28)24(18)14-16-5-4-10-23-13-16/h2-13,25H,14H2,1H3/b18-11-. The fraction of sp³-hybridized carbons (Fsp3) is 0.0909. The van der Waals surface area contributed by atoms with Gasteiger partial charge in [-0.1, -0.05) is 24.3 Å². The normalized spacial score (nSPS) is 16.4. The van der Waals surface area contributed by atoms with Crippen molar-refractivity contribution in [2.45, 2.75) is 11.4 Å². The highest BCUT2D eigenvalue weighted by Gasteiger charge is 2.39. The lowest BCUT2D eigenvalue weighted by atomic mass is 10.0. The maximum Gasteiger partial charge on any atom is 0.265 e. The number of aromatic hydroxyl groups is 1. The molecule has 1 aromatic heterocycles. The summed E-state index contributed by atoms with van der Waals surface area (Å²) < 4.78 is 33.0. The van der Waals surface area contributed by atoms with Crippen molar-refractivity contribution in [3.63, 3.8) is 0 Å². The third-order valence-corrected chi connectivity index (χ3v) is 6.58. The van der Waals surface area contributed by atoms with Crippen LogP contribution in [0.15, 0.2) is 77.6 Å². The molecule has 152 valence electrons. The first-order chi connectivity index (χ1) is 14.4. The Morgan fingerprint density at radius 2 is 1.93 bits per heavy atom. The molecule has 2 aromatic carbocycles. The maximum absolute atomic E-state index is 13.4. The molecule has 7 nitrogen and oxygen atoms in total. The number of aromatic nitrogens is 1. The Bertz CT molecular complexity index is 1250. The summed E-state index contributed by atoms with van der Waals surface area (Å²) in [6.07, 6.45) is 4.63. The van der Waals surface area contributed by atoms with Crippen molar-refractivity contribution in [1.29, 1.82) is 0 Å². The monoisotopic (exact) mass is 422 g/mol. The number of ketones is 1. The third-order valence-electron chi connectivity index (χ3n) is 4.76. The fourth-order valence-corrected chi connectivity index (χ4v) is 4.93. The third kappa shape index (κ3) is 3.42. The van der Waals surface area contributed by atoms with Crippen LogP contribution in [0.1, 0.15) is 21.5 Å². The van der Waals surface area contributed by atoms with E-state index in [1.54, 1.807) is 42.7 Å². The van der Waals surface area contributed by atoms with Crippen LogP contribution in [0.25, 0.3) is 6.08 Å². The summed E-state index contributed by atoms with van der Waals surface area (Å²) in [4.78, 5) is 17.3. The Labute approximate surface area is 173 Å². The number of Topliss-reactive ketones (excluding diaryl/α,β-unsaturated/α-hetero) is 1. The van der Waals surface area contributed by atoms with Gasteiger partial charge in [-0.15, -0.1) is 0 Å². The van der Waals surface area contributed by atoms with E-state index in [1.165, 1.54) is 37.5 Å². The fourth-order valence-electron chi connectivity index (χ4n) is 3.29. The number of ether oxygens (including phenoxy) is 1. The second-order valence-corrected chi connectivity index (χ2v) is 8.49. The first kappa shape index (κ1) is 19.7. The van der Waals surface area contributed by atoms with E-state index in [1.807, 2.05) is 0 Å². The van der Waals surface area contributed by atoms with Crippen LogP contribution in [-0.2, 0) is 16.6 Å². The number of sulfonamides is 1. The van der Waals surface area contributed by atoms with Crippen LogP contribution in [0.4, 0.5) is 0 Å². The van der Waals surface area contributed by atoms with Crippen molar-refractivity contribution in [3.8, 4) is 11.5 Å². The van der Waals surface area contributed by atoms with Gasteiger partial charge in [-0.25, -0.2) is 8.42 Å². The Balaban J connectivity index is 1.90. The van der Waals surface area contributed by atoms with Gasteiger partial charge in [0.2, 0.25) is 5.78 Å². The van der Waals surface area contributed by atoms with Gasteiger partial charge in [0.25, 0.3) is 10.0 Å². The molecule has 0 amide bonds. The molecule has 2 heterocycles. The number of methoxy groups -OCH3 is 1. The minimum atomic E-state index is -3.97. The highest BCUT2D eigenvalue weighted by molar-refractivity contribution is 7.89. The largest absolute Gasteiger partial charge is 0.504 e. The van der Waals surface area contributed by atoms with E-state index >= 15 is 0 Å². The number of benzene rings is 2. The van der Waals surface area contributed by atoms with E-state index < -0.39 is 15.8 Å². The van der Waals surface area contributed by atoms with Crippen molar-refractivity contribution >= 4 is 21.9 Å². The molecule has 0 spiro atoms. The highest BCUT2D eigenvalue weighted by Crippen LogP contribution is 2.35. The minimum absolute atomic E-state index is 0.00490. The smallest absolute Gasteiger partial charge is 0.265 e. The van der Waals surface area contributed by atoms with E-state index in [0.29, 0.717) is 11.1 Å². The highest BCUT2D eigenvalue weighted by atomic mass is 32.2. The molecule has 4 rings (SSSR count). The summed E-state index contributed by atoms with van der Waals surface area (Å²) in [5.41, 5.74) is 1.28. The summed E-state index contributed by atoms with van der Waals surface area (Å²) in [6, 6.07) is 14.1. The van der Waals surface area contributed by atoms with Crippen LogP contribution < -0.4 is 4.74 Å². The second kappa shape index (κ2) is 7.64. The second-order valence-electron chi connectivity index (χ2n) is 6.66. The molecule has 0 fully saturated rings. The van der Waals surface area contributed by atoms with Gasteiger partial charge in [0.15, 0.2) is 11.5 Å². The van der Waals surface area contributed by atoms with Gasteiger partial charge in [-0.2, -0.15) is 0 Å². The van der Waals surface area contributed by atoms with Crippen LogP contribution in [0.5, 0.6) is 11.5 Å². The number of carbonyl (C=O) groups is 1. The zero-order chi connectivity index (χ0) is 21.3. The molecule has 0 unspecified atom stereocenters. The summed E-state index contributed by atoms with van der Waals surface area (Å²) in [6.45, 7) is -0.0443. The van der Waals surface area contributed by atoms with Crippen LogP contribution in [0.3, 0.4) is 0 Å². The lowest BCUT2D eigenvalue weighted by Crippen LogP contribution is -2.38. The molecule has 0 aliphatic carbocycles. The maximum atomic E-state index is 13.4. The number of carbonyl (C=O) groups excluding carboxylic acids is 1. The topological polar surface area (TPSA) is 96.8 Å². The lowest BCUT2D eigenvalue weighted by molar-refractivity contribution is 0.100. The average Bonchev–Trinajstić information content (AvgIpc) is 2.76. The number of hydrogen-bond acceptors (Lipinski definition) is 6. The van der Waals surface area contributed by atoms with Crippen LogP contribution in [0.2, 0.25) is 0 Å². The molecule has 1 aliphatic rings. The van der Waals surface area contributed by atoms with Gasteiger partial charge in [-0.05, 0) is 47.5 Å². The molecular weight excluding hydrogens is 404 g/mol. The Morgan fingerprint density at radius 3 is 2.67 bits per heavy atom. The molecule has 0 saturated carbocycles. The average molecular weight is 422 g/mol. The zero-order valence-corrected chi connectivity index (χ0v) is 16.8. The van der Waals surface area contributed by atoms with E-state index in [4.69, 9.17) is 4.74 Å². The predicted molar refractivity (Wildman–Crippen MR) is 110 cm³/mol. The molecule has 8 heteroatoms. The number of allylic oxidation sites excluding steroid dienone is 1. The first-order valence-electron chi connectivity index (χ1n) is 9.06. The SMILES string of the molecule is COc1cc(/C=C2/C(=O)c3ccccc3S(=O)(=O)N2Cc2cccnc2)ccc1O. The predicted octanol–water partition coefficient (Wildman–Crippen LogP) is 3.22. The van der Waals surface area contributed by atoms with Crippen LogP contribution >= 0.6 is 0 Å². The van der Waals surface area contributed by atoms with E-state index in [9.17, 15) is 18.3 Å². The number of fused-ring (bicyclic) bond motifs is 1. The Hall–Kier alpha value is -3.65. The first-order valence-corrected chi connectivity index (χ1v) is 10.5. The number of nitrogens with zero attached hydrogens (tertiary/aromatic N) is 2. The number of rotatable bonds is 4. The molecule has 0 bridgehead atoms. The van der Waals surface area contributed by atoms with E-state index in [0.717, 1.165) is 4.31 Å². The molecule has 1 aliphatic heterocycles. The number of hydrogen-bond donors (Lipinski definition) is 1. The van der Waals surface area contributed by atoms with E-state index in [-0.39, 0.29) is 34.2 Å². The van der Waals surface area contributed by atoms with E-state index in [2.05, 4.69) is 4.98 Å². The quantitative estimate of drug-likeness (QED) is 0.649. The molecule has 1 N–H and O–H groups in total. The summed E-state index contributed by atoms with van der Waals surface area (Å²) in [7, 11) is -2.56. The molecular formula is C22H18N2O5S.